The number of rotatable bonds is 7. The third-order valence-corrected chi connectivity index (χ3v) is 7.21. The van der Waals surface area contributed by atoms with Crippen LogP contribution in [0.3, 0.4) is 0 Å². The van der Waals surface area contributed by atoms with E-state index in [-0.39, 0.29) is 35.6 Å². The zero-order valence-corrected chi connectivity index (χ0v) is 18.3. The number of amides is 3. The van der Waals surface area contributed by atoms with Crippen LogP contribution in [-0.4, -0.2) is 47.8 Å². The average molecular weight is 420 g/mol. The summed E-state index contributed by atoms with van der Waals surface area (Å²) in [6, 6.07) is 3.10. The van der Waals surface area contributed by atoms with Gasteiger partial charge in [0.1, 0.15) is 6.04 Å². The van der Waals surface area contributed by atoms with Crippen LogP contribution >= 0.6 is 11.3 Å². The molecule has 2 heterocycles. The number of carbonyl (C=O) groups excluding carboxylic acids is 3. The smallest absolute Gasteiger partial charge is 0.262 e. The summed E-state index contributed by atoms with van der Waals surface area (Å²) in [5.74, 6) is 0.188. The van der Waals surface area contributed by atoms with Crippen molar-refractivity contribution in [2.24, 2.45) is 11.8 Å². The van der Waals surface area contributed by atoms with Crippen LogP contribution in [-0.2, 0) is 9.59 Å². The number of thiophene rings is 1. The summed E-state index contributed by atoms with van der Waals surface area (Å²) in [5, 5.41) is 7.86. The Bertz CT molecular complexity index is 692. The summed E-state index contributed by atoms with van der Waals surface area (Å²) < 4.78 is 0. The second-order valence-corrected chi connectivity index (χ2v) is 9.34. The largest absolute Gasteiger partial charge is 0.352 e. The molecule has 2 atom stereocenters. The van der Waals surface area contributed by atoms with Crippen LogP contribution in [0.5, 0.6) is 0 Å². The zero-order valence-electron chi connectivity index (χ0n) is 17.5. The summed E-state index contributed by atoms with van der Waals surface area (Å²) in [4.78, 5) is 40.8. The first kappa shape index (κ1) is 21.8. The van der Waals surface area contributed by atoms with E-state index in [2.05, 4.69) is 10.6 Å². The molecule has 3 rings (SSSR count). The predicted octanol–water partition coefficient (Wildman–Crippen LogP) is 3.19. The van der Waals surface area contributed by atoms with Crippen LogP contribution in [0.4, 0.5) is 0 Å². The van der Waals surface area contributed by atoms with Gasteiger partial charge in [-0.25, -0.2) is 0 Å². The first-order valence-corrected chi connectivity index (χ1v) is 11.8. The zero-order chi connectivity index (χ0) is 20.8. The number of piperidine rings is 1. The molecule has 0 unspecified atom stereocenters. The van der Waals surface area contributed by atoms with Crippen molar-refractivity contribution < 1.29 is 14.4 Å². The Balaban J connectivity index is 1.63. The molecule has 3 amide bonds. The molecule has 160 valence electrons. The van der Waals surface area contributed by atoms with Gasteiger partial charge in [0.15, 0.2) is 0 Å². The van der Waals surface area contributed by atoms with Gasteiger partial charge in [-0.1, -0.05) is 25.8 Å². The maximum Gasteiger partial charge on any atom is 0.262 e. The molecule has 0 spiro atoms. The van der Waals surface area contributed by atoms with Crippen molar-refractivity contribution in [3.8, 4) is 0 Å². The van der Waals surface area contributed by atoms with Crippen molar-refractivity contribution in [1.29, 1.82) is 0 Å². The van der Waals surface area contributed by atoms with Gasteiger partial charge in [-0.15, -0.1) is 11.3 Å². The Labute approximate surface area is 177 Å². The highest BCUT2D eigenvalue weighted by Crippen LogP contribution is 2.29. The number of carbonyl (C=O) groups is 3. The Morgan fingerprint density at radius 1 is 1.14 bits per heavy atom. The molecule has 1 aromatic heterocycles. The number of nitrogens with zero attached hydrogens (tertiary/aromatic N) is 1. The summed E-state index contributed by atoms with van der Waals surface area (Å²) >= 11 is 1.37. The molecule has 1 aliphatic heterocycles. The maximum absolute atomic E-state index is 12.9. The standard InChI is InChI=1S/C22H33N3O3S/c1-3-15(2)23-21(27)19(24-20(26)18-9-6-14-29-18)16-10-12-25(13-11-16)22(28)17-7-4-5-8-17/h6,9,14-17,19H,3-5,7-8,10-13H2,1-2H3,(H,23,27)(H,24,26)/t15-,19-/m0/s1. The minimum absolute atomic E-state index is 0.0376. The molecule has 2 fully saturated rings. The molecule has 1 aliphatic carbocycles. The summed E-state index contributed by atoms with van der Waals surface area (Å²) in [6.07, 6.45) is 6.64. The second-order valence-electron chi connectivity index (χ2n) is 8.39. The molecular weight excluding hydrogens is 386 g/mol. The van der Waals surface area contributed by atoms with Gasteiger partial charge < -0.3 is 15.5 Å². The van der Waals surface area contributed by atoms with Crippen LogP contribution in [0.1, 0.15) is 68.5 Å². The third kappa shape index (κ3) is 5.59. The molecule has 29 heavy (non-hydrogen) atoms. The van der Waals surface area contributed by atoms with Gasteiger partial charge in [-0.3, -0.25) is 14.4 Å². The first-order valence-electron chi connectivity index (χ1n) is 10.9. The van der Waals surface area contributed by atoms with Crippen molar-refractivity contribution in [3.63, 3.8) is 0 Å². The van der Waals surface area contributed by atoms with Crippen molar-refractivity contribution in [3.05, 3.63) is 22.4 Å². The lowest BCUT2D eigenvalue weighted by Crippen LogP contribution is -2.55. The second kappa shape index (κ2) is 10.2. The number of likely N-dealkylation sites (tertiary alicyclic amines) is 1. The SMILES string of the molecule is CC[C@H](C)NC(=O)[C@@H](NC(=O)c1cccs1)C1CCN(C(=O)C2CCCC2)CC1. The molecular formula is C22H33N3O3S. The Morgan fingerprint density at radius 2 is 1.83 bits per heavy atom. The van der Waals surface area contributed by atoms with E-state index in [0.29, 0.717) is 18.0 Å². The van der Waals surface area contributed by atoms with Gasteiger partial charge in [0.05, 0.1) is 4.88 Å². The fourth-order valence-electron chi connectivity index (χ4n) is 4.34. The van der Waals surface area contributed by atoms with Gasteiger partial charge >= 0.3 is 0 Å². The van der Waals surface area contributed by atoms with Crippen LogP contribution in [0, 0.1) is 11.8 Å². The highest BCUT2D eigenvalue weighted by molar-refractivity contribution is 7.12. The average Bonchev–Trinajstić information content (AvgIpc) is 3.45. The Morgan fingerprint density at radius 3 is 2.41 bits per heavy atom. The topological polar surface area (TPSA) is 78.5 Å². The van der Waals surface area contributed by atoms with Crippen LogP contribution in [0.15, 0.2) is 17.5 Å². The van der Waals surface area contributed by atoms with Gasteiger partial charge in [-0.05, 0) is 56.4 Å². The fraction of sp³-hybridized carbons (Fsp3) is 0.682. The van der Waals surface area contributed by atoms with Gasteiger partial charge in [-0.2, -0.15) is 0 Å². The first-order chi connectivity index (χ1) is 14.0. The predicted molar refractivity (Wildman–Crippen MR) is 115 cm³/mol. The molecule has 1 saturated heterocycles. The fourth-order valence-corrected chi connectivity index (χ4v) is 4.96. The minimum atomic E-state index is -0.567. The number of hydrogen-bond acceptors (Lipinski definition) is 4. The quantitative estimate of drug-likeness (QED) is 0.712. The third-order valence-electron chi connectivity index (χ3n) is 6.34. The minimum Gasteiger partial charge on any atom is -0.352 e. The van der Waals surface area contributed by atoms with E-state index < -0.39 is 6.04 Å². The molecule has 1 aromatic rings. The Kier molecular flexibility index (Phi) is 7.70. The maximum atomic E-state index is 12.9. The number of nitrogens with one attached hydrogen (secondary N) is 2. The lowest BCUT2D eigenvalue weighted by molar-refractivity contribution is -0.137. The highest BCUT2D eigenvalue weighted by Gasteiger charge is 2.36. The van der Waals surface area contributed by atoms with E-state index in [1.54, 1.807) is 6.07 Å². The van der Waals surface area contributed by atoms with E-state index in [9.17, 15) is 14.4 Å². The van der Waals surface area contributed by atoms with Gasteiger partial charge in [0, 0.05) is 25.0 Å². The van der Waals surface area contributed by atoms with Crippen molar-refractivity contribution >= 4 is 29.1 Å². The van der Waals surface area contributed by atoms with Crippen LogP contribution in [0.2, 0.25) is 0 Å². The van der Waals surface area contributed by atoms with Crippen LogP contribution in [0.25, 0.3) is 0 Å². The summed E-state index contributed by atoms with van der Waals surface area (Å²) in [7, 11) is 0. The van der Waals surface area contributed by atoms with Crippen molar-refractivity contribution in [2.45, 2.75) is 70.9 Å². The van der Waals surface area contributed by atoms with Crippen molar-refractivity contribution in [2.75, 3.05) is 13.1 Å². The molecule has 7 heteroatoms. The van der Waals surface area contributed by atoms with E-state index >= 15 is 0 Å². The summed E-state index contributed by atoms with van der Waals surface area (Å²) in [5.41, 5.74) is 0. The van der Waals surface area contributed by atoms with E-state index in [1.165, 1.54) is 11.3 Å². The number of hydrogen-bond donors (Lipinski definition) is 2. The monoisotopic (exact) mass is 419 g/mol. The lowest BCUT2D eigenvalue weighted by Gasteiger charge is -2.37. The molecule has 6 nitrogen and oxygen atoms in total. The molecule has 2 aliphatic rings. The molecule has 0 aromatic carbocycles. The normalized spacial score (nSPS) is 20.3. The Hall–Kier alpha value is -1.89. The van der Waals surface area contributed by atoms with Gasteiger partial charge in [0.25, 0.3) is 5.91 Å². The van der Waals surface area contributed by atoms with E-state index in [1.807, 2.05) is 30.2 Å². The highest BCUT2D eigenvalue weighted by atomic mass is 32.1. The van der Waals surface area contributed by atoms with Gasteiger partial charge in [0.2, 0.25) is 11.8 Å². The lowest BCUT2D eigenvalue weighted by atomic mass is 9.87. The molecule has 1 saturated carbocycles. The summed E-state index contributed by atoms with van der Waals surface area (Å²) in [6.45, 7) is 5.33. The molecule has 0 bridgehead atoms. The van der Waals surface area contributed by atoms with E-state index in [0.717, 1.165) is 44.9 Å². The molecule has 2 N–H and O–H groups in total. The van der Waals surface area contributed by atoms with E-state index in [4.69, 9.17) is 0 Å². The molecule has 0 radical (unpaired) electrons. The van der Waals surface area contributed by atoms with Crippen LogP contribution < -0.4 is 10.6 Å². The van der Waals surface area contributed by atoms with Crippen molar-refractivity contribution in [1.82, 2.24) is 15.5 Å².